The highest BCUT2D eigenvalue weighted by atomic mass is 16.3. The summed E-state index contributed by atoms with van der Waals surface area (Å²) in [5.41, 5.74) is 0. The third kappa shape index (κ3) is 4.63. The molecular weight excluding hydrogens is 162 g/mol. The molecule has 0 aromatic carbocycles. The van der Waals surface area contributed by atoms with E-state index in [1.807, 2.05) is 0 Å². The molecule has 1 atom stereocenters. The molecule has 0 aliphatic heterocycles. The Morgan fingerprint density at radius 1 is 1.08 bits per heavy atom. The van der Waals surface area contributed by atoms with Gasteiger partial charge in [-0.25, -0.2) is 0 Å². The normalized spacial score (nSPS) is 14.1. The van der Waals surface area contributed by atoms with Crippen LogP contribution in [0.3, 0.4) is 0 Å². The Bertz CT molecular complexity index is 109. The van der Waals surface area contributed by atoms with E-state index in [1.54, 1.807) is 0 Å². The van der Waals surface area contributed by atoms with Gasteiger partial charge in [-0.15, -0.1) is 0 Å². The van der Waals surface area contributed by atoms with E-state index >= 15 is 0 Å². The first-order valence-corrected chi connectivity index (χ1v) is 5.52. The van der Waals surface area contributed by atoms with Gasteiger partial charge in [0.2, 0.25) is 0 Å². The highest BCUT2D eigenvalue weighted by Gasteiger charge is 2.19. The zero-order chi connectivity index (χ0) is 10.3. The minimum atomic E-state index is 0.289. The van der Waals surface area contributed by atoms with Gasteiger partial charge in [0.1, 0.15) is 0 Å². The van der Waals surface area contributed by atoms with Crippen LogP contribution in [-0.4, -0.2) is 35.7 Å². The minimum absolute atomic E-state index is 0.289. The number of aliphatic hydroxyl groups is 1. The first-order valence-electron chi connectivity index (χ1n) is 5.52. The van der Waals surface area contributed by atoms with Crippen molar-refractivity contribution in [2.45, 2.75) is 46.6 Å². The summed E-state index contributed by atoms with van der Waals surface area (Å²) in [5.74, 6) is 0.545. The van der Waals surface area contributed by atoms with Crippen molar-refractivity contribution in [2.75, 3.05) is 19.7 Å². The lowest BCUT2D eigenvalue weighted by molar-refractivity contribution is 0.0908. The zero-order valence-corrected chi connectivity index (χ0v) is 9.58. The van der Waals surface area contributed by atoms with E-state index in [4.69, 9.17) is 0 Å². The Labute approximate surface area is 82.9 Å². The summed E-state index contributed by atoms with van der Waals surface area (Å²) in [6.07, 6.45) is 2.34. The molecule has 0 aliphatic carbocycles. The molecular formula is C11H25NO. The molecule has 0 fully saturated rings. The molecule has 2 heteroatoms. The molecule has 1 N–H and O–H groups in total. The standard InChI is InChI=1S/C11H25NO/c1-5-7-12(8-6-2)11(9-13)10(3)4/h10-11,13H,5-9H2,1-4H3/t11-/m0/s1. The summed E-state index contributed by atoms with van der Waals surface area (Å²) < 4.78 is 0. The average molecular weight is 187 g/mol. The van der Waals surface area contributed by atoms with Gasteiger partial charge >= 0.3 is 0 Å². The summed E-state index contributed by atoms with van der Waals surface area (Å²) in [6.45, 7) is 11.2. The maximum Gasteiger partial charge on any atom is 0.0589 e. The van der Waals surface area contributed by atoms with Gasteiger partial charge in [-0.2, -0.15) is 0 Å². The molecule has 0 saturated heterocycles. The number of aliphatic hydroxyl groups excluding tert-OH is 1. The quantitative estimate of drug-likeness (QED) is 0.660. The zero-order valence-electron chi connectivity index (χ0n) is 9.58. The van der Waals surface area contributed by atoms with E-state index in [9.17, 15) is 5.11 Å². The van der Waals surface area contributed by atoms with Gasteiger partial charge in [-0.1, -0.05) is 27.7 Å². The molecule has 0 aromatic heterocycles. The molecule has 2 nitrogen and oxygen atoms in total. The van der Waals surface area contributed by atoms with Crippen molar-refractivity contribution in [2.24, 2.45) is 5.92 Å². The SMILES string of the molecule is CCCN(CCC)[C@@H](CO)C(C)C. The van der Waals surface area contributed by atoms with Gasteiger partial charge < -0.3 is 5.11 Å². The summed E-state index contributed by atoms with van der Waals surface area (Å²) in [5, 5.41) is 9.28. The number of hydrogen-bond donors (Lipinski definition) is 1. The molecule has 0 amide bonds. The maximum atomic E-state index is 9.28. The Kier molecular flexibility index (Phi) is 7.29. The second-order valence-electron chi connectivity index (χ2n) is 4.03. The molecule has 0 heterocycles. The molecule has 0 radical (unpaired) electrons. The van der Waals surface area contributed by atoms with E-state index < -0.39 is 0 Å². The van der Waals surface area contributed by atoms with Gasteiger partial charge in [-0.05, 0) is 31.8 Å². The molecule has 0 spiro atoms. The van der Waals surface area contributed by atoms with Gasteiger partial charge in [0.15, 0.2) is 0 Å². The largest absolute Gasteiger partial charge is 0.395 e. The second kappa shape index (κ2) is 7.34. The van der Waals surface area contributed by atoms with Crippen LogP contribution in [-0.2, 0) is 0 Å². The molecule has 0 unspecified atom stereocenters. The predicted molar refractivity (Wildman–Crippen MR) is 57.9 cm³/mol. The number of nitrogens with zero attached hydrogens (tertiary/aromatic N) is 1. The fourth-order valence-corrected chi connectivity index (χ4v) is 1.77. The van der Waals surface area contributed by atoms with Gasteiger partial charge in [0.05, 0.1) is 6.61 Å². The van der Waals surface area contributed by atoms with Gasteiger partial charge in [0, 0.05) is 6.04 Å². The smallest absolute Gasteiger partial charge is 0.0589 e. The van der Waals surface area contributed by atoms with Gasteiger partial charge in [0.25, 0.3) is 0 Å². The van der Waals surface area contributed by atoms with E-state index in [0.717, 1.165) is 13.1 Å². The van der Waals surface area contributed by atoms with Crippen LogP contribution in [0.5, 0.6) is 0 Å². The summed E-state index contributed by atoms with van der Waals surface area (Å²) in [6, 6.07) is 0.347. The average Bonchev–Trinajstić information content (AvgIpc) is 2.05. The third-order valence-electron chi connectivity index (χ3n) is 2.45. The Hall–Kier alpha value is -0.0800. The fraction of sp³-hybridized carbons (Fsp3) is 1.00. The monoisotopic (exact) mass is 187 g/mol. The van der Waals surface area contributed by atoms with Gasteiger partial charge in [-0.3, -0.25) is 4.90 Å². The first kappa shape index (κ1) is 12.9. The highest BCUT2D eigenvalue weighted by molar-refractivity contribution is 4.73. The molecule has 80 valence electrons. The molecule has 0 bridgehead atoms. The van der Waals surface area contributed by atoms with E-state index in [-0.39, 0.29) is 6.61 Å². The lowest BCUT2D eigenvalue weighted by Crippen LogP contribution is -2.42. The van der Waals surface area contributed by atoms with E-state index in [0.29, 0.717) is 12.0 Å². The maximum absolute atomic E-state index is 9.28. The molecule has 0 rings (SSSR count). The van der Waals surface area contributed by atoms with Crippen molar-refractivity contribution in [3.63, 3.8) is 0 Å². The van der Waals surface area contributed by atoms with Crippen LogP contribution in [0.4, 0.5) is 0 Å². The van der Waals surface area contributed by atoms with Crippen LogP contribution in [0, 0.1) is 5.92 Å². The van der Waals surface area contributed by atoms with Crippen molar-refractivity contribution < 1.29 is 5.11 Å². The van der Waals surface area contributed by atoms with Crippen LogP contribution in [0.2, 0.25) is 0 Å². The Morgan fingerprint density at radius 2 is 1.54 bits per heavy atom. The lowest BCUT2D eigenvalue weighted by Gasteiger charge is -2.32. The van der Waals surface area contributed by atoms with E-state index in [1.165, 1.54) is 12.8 Å². The second-order valence-corrected chi connectivity index (χ2v) is 4.03. The summed E-state index contributed by atoms with van der Waals surface area (Å²) >= 11 is 0. The van der Waals surface area contributed by atoms with Crippen molar-refractivity contribution in [1.29, 1.82) is 0 Å². The molecule has 0 aliphatic rings. The highest BCUT2D eigenvalue weighted by Crippen LogP contribution is 2.11. The van der Waals surface area contributed by atoms with Crippen LogP contribution in [0.25, 0.3) is 0 Å². The number of hydrogen-bond acceptors (Lipinski definition) is 2. The summed E-state index contributed by atoms with van der Waals surface area (Å²) in [7, 11) is 0. The first-order chi connectivity index (χ1) is 6.17. The Morgan fingerprint density at radius 3 is 1.77 bits per heavy atom. The van der Waals surface area contributed by atoms with Crippen molar-refractivity contribution in [3.05, 3.63) is 0 Å². The lowest BCUT2D eigenvalue weighted by atomic mass is 10.0. The fourth-order valence-electron chi connectivity index (χ4n) is 1.77. The van der Waals surface area contributed by atoms with Crippen LogP contribution in [0.15, 0.2) is 0 Å². The number of rotatable bonds is 7. The van der Waals surface area contributed by atoms with Crippen LogP contribution in [0.1, 0.15) is 40.5 Å². The van der Waals surface area contributed by atoms with Crippen LogP contribution < -0.4 is 0 Å². The van der Waals surface area contributed by atoms with Crippen molar-refractivity contribution >= 4 is 0 Å². The predicted octanol–water partition coefficient (Wildman–Crippen LogP) is 2.13. The summed E-state index contributed by atoms with van der Waals surface area (Å²) in [4.78, 5) is 2.41. The molecule has 0 aromatic rings. The third-order valence-corrected chi connectivity index (χ3v) is 2.45. The minimum Gasteiger partial charge on any atom is -0.395 e. The Balaban J connectivity index is 4.11. The van der Waals surface area contributed by atoms with Crippen molar-refractivity contribution in [1.82, 2.24) is 4.90 Å². The van der Waals surface area contributed by atoms with Crippen LogP contribution >= 0.6 is 0 Å². The topological polar surface area (TPSA) is 23.5 Å². The van der Waals surface area contributed by atoms with Crippen molar-refractivity contribution in [3.8, 4) is 0 Å². The van der Waals surface area contributed by atoms with E-state index in [2.05, 4.69) is 32.6 Å². The molecule has 13 heavy (non-hydrogen) atoms. The molecule has 0 saturated carbocycles.